The number of ether oxygens (including phenoxy) is 2. The molecule has 0 spiro atoms. The van der Waals surface area contributed by atoms with E-state index < -0.39 is 41.6 Å². The predicted octanol–water partition coefficient (Wildman–Crippen LogP) is 4.94. The monoisotopic (exact) mass is 756 g/mol. The van der Waals surface area contributed by atoms with Crippen LogP contribution in [-0.4, -0.2) is 89.1 Å². The molecule has 296 valence electrons. The number of rotatable bonds is 12. The number of likely N-dealkylation sites (tertiary alicyclic amines) is 1. The minimum atomic E-state index is -1.09. The summed E-state index contributed by atoms with van der Waals surface area (Å²) in [5.41, 5.74) is 2.72. The number of benzene rings is 3. The maximum Gasteiger partial charge on any atom is 0.328 e. The number of hydrogen-bond acceptors (Lipinski definition) is 9. The van der Waals surface area contributed by atoms with Crippen LogP contribution in [0.2, 0.25) is 0 Å². The van der Waals surface area contributed by atoms with Crippen molar-refractivity contribution in [3.63, 3.8) is 0 Å². The van der Waals surface area contributed by atoms with Crippen LogP contribution in [0.25, 0.3) is 0 Å². The van der Waals surface area contributed by atoms with Crippen LogP contribution >= 0.6 is 0 Å². The molecule has 2 heterocycles. The maximum absolute atomic E-state index is 12.8. The lowest BCUT2D eigenvalue weighted by molar-refractivity contribution is -0.158. The zero-order chi connectivity index (χ0) is 40.0. The van der Waals surface area contributed by atoms with E-state index in [1.165, 1.54) is 12.5 Å². The van der Waals surface area contributed by atoms with E-state index in [-0.39, 0.29) is 36.9 Å². The third-order valence-corrected chi connectivity index (χ3v) is 9.70. The molecule has 55 heavy (non-hydrogen) atoms. The molecule has 5 rings (SSSR count). The van der Waals surface area contributed by atoms with Crippen molar-refractivity contribution in [2.45, 2.75) is 109 Å². The zero-order valence-electron chi connectivity index (χ0n) is 32.5. The van der Waals surface area contributed by atoms with Gasteiger partial charge in [-0.25, -0.2) is 4.79 Å². The first-order chi connectivity index (χ1) is 26.2. The van der Waals surface area contributed by atoms with Gasteiger partial charge in [0.25, 0.3) is 0 Å². The number of nitrogens with one attached hydrogen (secondary N) is 3. The van der Waals surface area contributed by atoms with E-state index in [9.17, 15) is 24.0 Å². The standard InChI is InChI=1S/C22H26N2O3.C21H30N2O5/c1-16(22(26)27-15-17-8-4-2-5-9-17)24-21(25)20-14-19(12-13-23-20)18-10-6-3-7-11-18;1-14(20(26)27)22-19(25)17-12-16(15-8-6-5-7-9-15)10-11-23(17)13-18(24)28-21(2,3)4/h2-11,16,19-20,23H,12-15H2,1H3,(H,24,25);5-9,14,16-17H,10-13H2,1-4H3,(H,22,25)(H,26,27)/t16-,19-,20+;14-,16-,17+/m00/s1. The highest BCUT2D eigenvalue weighted by Crippen LogP contribution is 2.32. The van der Waals surface area contributed by atoms with Crippen molar-refractivity contribution in [2.75, 3.05) is 19.6 Å². The van der Waals surface area contributed by atoms with Gasteiger partial charge in [0.05, 0.1) is 18.6 Å². The molecule has 12 nitrogen and oxygen atoms in total. The summed E-state index contributed by atoms with van der Waals surface area (Å²) in [5.74, 6) is -1.92. The number of carboxylic acids is 1. The van der Waals surface area contributed by atoms with Crippen molar-refractivity contribution in [3.05, 3.63) is 108 Å². The normalized spacial score (nSPS) is 21.0. The average molecular weight is 757 g/mol. The lowest BCUT2D eigenvalue weighted by Crippen LogP contribution is -2.55. The second kappa shape index (κ2) is 20.6. The Morgan fingerprint density at radius 2 is 1.33 bits per heavy atom. The Bertz CT molecular complexity index is 1700. The van der Waals surface area contributed by atoms with Gasteiger partial charge >= 0.3 is 17.9 Å². The summed E-state index contributed by atoms with van der Waals surface area (Å²) in [7, 11) is 0. The molecule has 0 bridgehead atoms. The number of carbonyl (C=O) groups is 5. The highest BCUT2D eigenvalue weighted by Gasteiger charge is 2.37. The van der Waals surface area contributed by atoms with E-state index in [1.807, 2.05) is 78.9 Å². The van der Waals surface area contributed by atoms with Crippen molar-refractivity contribution in [2.24, 2.45) is 0 Å². The molecule has 2 amide bonds. The average Bonchev–Trinajstić information content (AvgIpc) is 3.17. The molecule has 3 aromatic carbocycles. The van der Waals surface area contributed by atoms with Gasteiger partial charge in [0.15, 0.2) is 0 Å². The fourth-order valence-electron chi connectivity index (χ4n) is 6.79. The SMILES string of the molecule is C[C@H](NC(=O)[C@H]1C[C@@H](c2ccccc2)CCN1)C(=O)OCc1ccccc1.C[C@H](NC(=O)[C@H]1C[C@@H](c2ccccc2)CCN1CC(=O)OC(C)(C)C)C(=O)O. The molecular formula is C43H56N4O8. The van der Waals surface area contributed by atoms with Gasteiger partial charge in [-0.2, -0.15) is 0 Å². The highest BCUT2D eigenvalue weighted by molar-refractivity contribution is 5.88. The fraction of sp³-hybridized carbons (Fsp3) is 0.465. The van der Waals surface area contributed by atoms with E-state index in [0.29, 0.717) is 18.9 Å². The quantitative estimate of drug-likeness (QED) is 0.186. The van der Waals surface area contributed by atoms with E-state index in [0.717, 1.165) is 36.9 Å². The Balaban J connectivity index is 0.000000245. The topological polar surface area (TPSA) is 163 Å². The second-order valence-electron chi connectivity index (χ2n) is 15.2. The summed E-state index contributed by atoms with van der Waals surface area (Å²) >= 11 is 0. The summed E-state index contributed by atoms with van der Waals surface area (Å²) in [6.45, 7) is 10.0. The molecule has 2 saturated heterocycles. The Labute approximate surface area is 324 Å². The first-order valence-electron chi connectivity index (χ1n) is 19.0. The Hall–Kier alpha value is -5.07. The number of aliphatic carboxylic acids is 1. The minimum Gasteiger partial charge on any atom is -0.480 e. The van der Waals surface area contributed by atoms with Crippen LogP contribution in [0.1, 0.15) is 88.8 Å². The third kappa shape index (κ3) is 13.9. The van der Waals surface area contributed by atoms with Gasteiger partial charge in [-0.3, -0.25) is 24.1 Å². The largest absolute Gasteiger partial charge is 0.480 e. The number of amides is 2. The molecule has 0 saturated carbocycles. The maximum atomic E-state index is 12.8. The van der Waals surface area contributed by atoms with Gasteiger partial charge in [0, 0.05) is 6.54 Å². The van der Waals surface area contributed by atoms with Crippen molar-refractivity contribution in [1.29, 1.82) is 0 Å². The first kappa shape index (κ1) is 42.7. The van der Waals surface area contributed by atoms with Crippen LogP contribution < -0.4 is 16.0 Å². The number of hydrogen-bond donors (Lipinski definition) is 4. The molecule has 2 fully saturated rings. The summed E-state index contributed by atoms with van der Waals surface area (Å²) in [4.78, 5) is 62.7. The van der Waals surface area contributed by atoms with Crippen molar-refractivity contribution in [1.82, 2.24) is 20.9 Å². The van der Waals surface area contributed by atoms with Gasteiger partial charge in [0.2, 0.25) is 11.8 Å². The Kier molecular flexibility index (Phi) is 16.0. The molecule has 2 aliphatic rings. The van der Waals surface area contributed by atoms with Crippen LogP contribution in [0.4, 0.5) is 0 Å². The zero-order valence-corrected chi connectivity index (χ0v) is 32.5. The van der Waals surface area contributed by atoms with Crippen LogP contribution in [0.15, 0.2) is 91.0 Å². The molecule has 0 radical (unpaired) electrons. The predicted molar refractivity (Wildman–Crippen MR) is 209 cm³/mol. The Morgan fingerprint density at radius 1 is 0.782 bits per heavy atom. The Morgan fingerprint density at radius 3 is 1.89 bits per heavy atom. The van der Waals surface area contributed by atoms with Gasteiger partial charge in [-0.15, -0.1) is 0 Å². The second-order valence-corrected chi connectivity index (χ2v) is 15.2. The number of carboxylic acid groups (broad SMARTS) is 1. The van der Waals surface area contributed by atoms with Crippen LogP contribution in [0.5, 0.6) is 0 Å². The first-order valence-corrected chi connectivity index (χ1v) is 19.0. The fourth-order valence-corrected chi connectivity index (χ4v) is 6.79. The molecule has 2 aliphatic heterocycles. The summed E-state index contributed by atoms with van der Waals surface area (Å²) < 4.78 is 10.7. The molecule has 6 atom stereocenters. The lowest BCUT2D eigenvalue weighted by Gasteiger charge is -2.38. The highest BCUT2D eigenvalue weighted by atomic mass is 16.6. The summed E-state index contributed by atoms with van der Waals surface area (Å²) in [6.07, 6.45) is 3.06. The molecule has 0 unspecified atom stereocenters. The molecular weight excluding hydrogens is 700 g/mol. The van der Waals surface area contributed by atoms with E-state index in [1.54, 1.807) is 32.6 Å². The van der Waals surface area contributed by atoms with Crippen molar-refractivity contribution in [3.8, 4) is 0 Å². The van der Waals surface area contributed by atoms with E-state index >= 15 is 0 Å². The number of carbonyl (C=O) groups excluding carboxylic acids is 4. The molecule has 4 N–H and O–H groups in total. The molecule has 12 heteroatoms. The molecule has 0 aromatic heterocycles. The van der Waals surface area contributed by atoms with Crippen LogP contribution in [-0.2, 0) is 40.1 Å². The lowest BCUT2D eigenvalue weighted by atomic mass is 9.85. The molecule has 0 aliphatic carbocycles. The minimum absolute atomic E-state index is 0.00167. The summed E-state index contributed by atoms with van der Waals surface area (Å²) in [6, 6.07) is 27.1. The van der Waals surface area contributed by atoms with Crippen molar-refractivity contribution < 1.29 is 38.6 Å². The van der Waals surface area contributed by atoms with Gasteiger partial charge in [-0.05, 0) is 95.4 Å². The van der Waals surface area contributed by atoms with Gasteiger partial charge in [0.1, 0.15) is 24.3 Å². The molecule has 3 aromatic rings. The van der Waals surface area contributed by atoms with Crippen LogP contribution in [0, 0.1) is 0 Å². The van der Waals surface area contributed by atoms with Gasteiger partial charge < -0.3 is 30.5 Å². The van der Waals surface area contributed by atoms with Crippen molar-refractivity contribution >= 4 is 29.7 Å². The van der Waals surface area contributed by atoms with Crippen LogP contribution in [0.3, 0.4) is 0 Å². The summed E-state index contributed by atoms with van der Waals surface area (Å²) in [5, 5.41) is 17.7. The number of nitrogens with zero attached hydrogens (tertiary/aromatic N) is 1. The van der Waals surface area contributed by atoms with Gasteiger partial charge in [-0.1, -0.05) is 91.0 Å². The third-order valence-electron chi connectivity index (χ3n) is 9.70. The van der Waals surface area contributed by atoms with E-state index in [4.69, 9.17) is 14.6 Å². The smallest absolute Gasteiger partial charge is 0.328 e. The van der Waals surface area contributed by atoms with E-state index in [2.05, 4.69) is 28.1 Å². The number of esters is 2. The number of piperidine rings is 2.